The summed E-state index contributed by atoms with van der Waals surface area (Å²) in [7, 11) is 0. The number of pyridine rings is 1. The number of halogens is 1. The Bertz CT molecular complexity index is 748. The fourth-order valence-electron chi connectivity index (χ4n) is 1.58. The van der Waals surface area contributed by atoms with Gasteiger partial charge in [0.2, 0.25) is 0 Å². The Labute approximate surface area is 119 Å². The molecule has 20 heavy (non-hydrogen) atoms. The van der Waals surface area contributed by atoms with Crippen molar-refractivity contribution in [1.82, 2.24) is 4.57 Å². The number of carbonyl (C=O) groups is 1. The van der Waals surface area contributed by atoms with Crippen LogP contribution in [0.25, 0.3) is 0 Å². The normalized spacial score (nSPS) is 10.4. The van der Waals surface area contributed by atoms with Gasteiger partial charge in [0.05, 0.1) is 17.0 Å². The van der Waals surface area contributed by atoms with E-state index in [2.05, 4.69) is 15.9 Å². The number of aromatic carboxylic acids is 1. The van der Waals surface area contributed by atoms with Gasteiger partial charge in [0.1, 0.15) is 12.0 Å². The Kier molecular flexibility index (Phi) is 3.70. The molecule has 9 heteroatoms. The first-order chi connectivity index (χ1) is 9.38. The molecule has 0 bridgehead atoms. The zero-order valence-corrected chi connectivity index (χ0v) is 11.4. The molecule has 2 aromatic heterocycles. The minimum Gasteiger partial charge on any atom is -0.478 e. The molecule has 2 aromatic rings. The second kappa shape index (κ2) is 5.29. The van der Waals surface area contributed by atoms with Gasteiger partial charge in [0.15, 0.2) is 0 Å². The van der Waals surface area contributed by atoms with Crippen LogP contribution in [0.15, 0.2) is 38.3 Å². The molecule has 104 valence electrons. The molecule has 0 aliphatic rings. The third-order valence-corrected chi connectivity index (χ3v) is 2.89. The lowest BCUT2D eigenvalue weighted by molar-refractivity contribution is -0.386. The summed E-state index contributed by atoms with van der Waals surface area (Å²) >= 11 is 3.07. The van der Waals surface area contributed by atoms with E-state index in [1.165, 1.54) is 12.3 Å². The van der Waals surface area contributed by atoms with E-state index in [0.29, 0.717) is 4.47 Å². The average molecular weight is 343 g/mol. The molecule has 2 rings (SSSR count). The van der Waals surface area contributed by atoms with E-state index in [1.807, 2.05) is 0 Å². The van der Waals surface area contributed by atoms with Gasteiger partial charge in [-0.05, 0) is 22.0 Å². The summed E-state index contributed by atoms with van der Waals surface area (Å²) in [4.78, 5) is 32.5. The number of hydrogen-bond donors (Lipinski definition) is 1. The standard InChI is InChI=1S/C11H7BrN2O6/c12-7-2-9(14(18)19)10(15)13(3-7)4-8-1-6(5-20-8)11(16)17/h1-3,5H,4H2,(H,16,17). The maximum Gasteiger partial charge on any atom is 0.338 e. The van der Waals surface area contributed by atoms with Crippen LogP contribution in [0.1, 0.15) is 16.1 Å². The van der Waals surface area contributed by atoms with Crippen LogP contribution in [0.2, 0.25) is 0 Å². The van der Waals surface area contributed by atoms with E-state index < -0.39 is 22.1 Å². The second-order valence-corrected chi connectivity index (χ2v) is 4.76. The third-order valence-electron chi connectivity index (χ3n) is 2.46. The molecule has 0 aromatic carbocycles. The summed E-state index contributed by atoms with van der Waals surface area (Å²) in [6.07, 6.45) is 2.40. The highest BCUT2D eigenvalue weighted by Crippen LogP contribution is 2.15. The van der Waals surface area contributed by atoms with Gasteiger partial charge in [-0.15, -0.1) is 0 Å². The number of aromatic nitrogens is 1. The van der Waals surface area contributed by atoms with Crippen LogP contribution in [0.4, 0.5) is 5.69 Å². The fourth-order valence-corrected chi connectivity index (χ4v) is 2.04. The predicted molar refractivity (Wildman–Crippen MR) is 69.8 cm³/mol. The van der Waals surface area contributed by atoms with Crippen molar-refractivity contribution in [2.45, 2.75) is 6.54 Å². The number of rotatable bonds is 4. The molecular formula is C11H7BrN2O6. The molecule has 0 fully saturated rings. The zero-order valence-electron chi connectivity index (χ0n) is 9.78. The smallest absolute Gasteiger partial charge is 0.338 e. The quantitative estimate of drug-likeness (QED) is 0.669. The van der Waals surface area contributed by atoms with Gasteiger partial charge in [-0.25, -0.2) is 4.79 Å². The summed E-state index contributed by atoms with van der Waals surface area (Å²) < 4.78 is 6.42. The zero-order chi connectivity index (χ0) is 14.9. The molecule has 0 saturated carbocycles. The van der Waals surface area contributed by atoms with Crippen LogP contribution in [0.5, 0.6) is 0 Å². The molecular weight excluding hydrogens is 336 g/mol. The Morgan fingerprint density at radius 3 is 2.75 bits per heavy atom. The first kappa shape index (κ1) is 14.0. The topological polar surface area (TPSA) is 116 Å². The molecule has 0 spiro atoms. The van der Waals surface area contributed by atoms with Gasteiger partial charge in [0, 0.05) is 16.7 Å². The SMILES string of the molecule is O=C(O)c1coc(Cn2cc(Br)cc([N+](=O)[O-])c2=O)c1. The van der Waals surface area contributed by atoms with Gasteiger partial charge in [0.25, 0.3) is 0 Å². The van der Waals surface area contributed by atoms with Crippen molar-refractivity contribution in [2.24, 2.45) is 0 Å². The number of nitrogens with zero attached hydrogens (tertiary/aromatic N) is 2. The Morgan fingerprint density at radius 1 is 1.50 bits per heavy atom. The van der Waals surface area contributed by atoms with Crippen LogP contribution < -0.4 is 5.56 Å². The molecule has 8 nitrogen and oxygen atoms in total. The van der Waals surface area contributed by atoms with Gasteiger partial charge in [-0.1, -0.05) is 0 Å². The van der Waals surface area contributed by atoms with Gasteiger partial charge < -0.3 is 14.1 Å². The molecule has 0 saturated heterocycles. The highest BCUT2D eigenvalue weighted by Gasteiger charge is 2.17. The van der Waals surface area contributed by atoms with Crippen molar-refractivity contribution in [1.29, 1.82) is 0 Å². The lowest BCUT2D eigenvalue weighted by Crippen LogP contribution is -2.22. The molecule has 2 heterocycles. The van der Waals surface area contributed by atoms with E-state index >= 15 is 0 Å². The summed E-state index contributed by atoms with van der Waals surface area (Å²) in [5, 5.41) is 19.5. The van der Waals surface area contributed by atoms with E-state index in [4.69, 9.17) is 9.52 Å². The van der Waals surface area contributed by atoms with Gasteiger partial charge in [-0.3, -0.25) is 14.9 Å². The molecule has 0 radical (unpaired) electrons. The average Bonchev–Trinajstić information content (AvgIpc) is 2.81. The van der Waals surface area contributed by atoms with Gasteiger partial charge in [-0.2, -0.15) is 0 Å². The summed E-state index contributed by atoms with van der Waals surface area (Å²) in [5.41, 5.74) is -1.44. The number of carboxylic acid groups (broad SMARTS) is 1. The summed E-state index contributed by atoms with van der Waals surface area (Å²) in [6, 6.07) is 2.35. The molecule has 0 aliphatic heterocycles. The van der Waals surface area contributed by atoms with E-state index in [9.17, 15) is 19.7 Å². The summed E-state index contributed by atoms with van der Waals surface area (Å²) in [5.74, 6) is -0.954. The Morgan fingerprint density at radius 2 is 2.20 bits per heavy atom. The largest absolute Gasteiger partial charge is 0.478 e. The number of nitro groups is 1. The van der Waals surface area contributed by atoms with Crippen molar-refractivity contribution in [3.63, 3.8) is 0 Å². The lowest BCUT2D eigenvalue weighted by Gasteiger charge is -2.03. The van der Waals surface area contributed by atoms with Crippen molar-refractivity contribution < 1.29 is 19.2 Å². The fraction of sp³-hybridized carbons (Fsp3) is 0.0909. The van der Waals surface area contributed by atoms with Crippen molar-refractivity contribution in [3.8, 4) is 0 Å². The number of carboxylic acids is 1. The molecule has 0 aliphatic carbocycles. The third kappa shape index (κ3) is 2.77. The maximum absolute atomic E-state index is 11.9. The number of furan rings is 1. The molecule has 0 amide bonds. The van der Waals surface area contributed by atoms with E-state index in [-0.39, 0.29) is 17.9 Å². The molecule has 0 atom stereocenters. The second-order valence-electron chi connectivity index (χ2n) is 3.84. The first-order valence-electron chi connectivity index (χ1n) is 5.23. The highest BCUT2D eigenvalue weighted by atomic mass is 79.9. The van der Waals surface area contributed by atoms with Crippen LogP contribution in [-0.2, 0) is 6.54 Å². The minimum absolute atomic E-state index is 0.0578. The van der Waals surface area contributed by atoms with Crippen molar-refractivity contribution in [3.05, 3.63) is 60.9 Å². The Hall–Kier alpha value is -2.42. The first-order valence-corrected chi connectivity index (χ1v) is 6.03. The molecule has 0 unspecified atom stereocenters. The van der Waals surface area contributed by atoms with E-state index in [0.717, 1.165) is 16.9 Å². The maximum atomic E-state index is 11.9. The van der Waals surface area contributed by atoms with Crippen molar-refractivity contribution >= 4 is 27.6 Å². The lowest BCUT2D eigenvalue weighted by atomic mass is 10.3. The summed E-state index contributed by atoms with van der Waals surface area (Å²) in [6.45, 7) is -0.105. The Balaban J connectivity index is 2.40. The van der Waals surface area contributed by atoms with Gasteiger partial charge >= 0.3 is 17.2 Å². The monoisotopic (exact) mass is 342 g/mol. The van der Waals surface area contributed by atoms with Crippen LogP contribution in [-0.4, -0.2) is 20.6 Å². The highest BCUT2D eigenvalue weighted by molar-refractivity contribution is 9.10. The molecule has 1 N–H and O–H groups in total. The predicted octanol–water partition coefficient (Wildman–Crippen LogP) is 1.86. The minimum atomic E-state index is -1.16. The van der Waals surface area contributed by atoms with Crippen LogP contribution in [0.3, 0.4) is 0 Å². The van der Waals surface area contributed by atoms with Crippen molar-refractivity contribution in [2.75, 3.05) is 0 Å². The number of hydrogen-bond acceptors (Lipinski definition) is 5. The van der Waals surface area contributed by atoms with Crippen LogP contribution in [0, 0.1) is 10.1 Å². The van der Waals surface area contributed by atoms with E-state index in [1.54, 1.807) is 0 Å². The van der Waals surface area contributed by atoms with Crippen LogP contribution >= 0.6 is 15.9 Å².